The first kappa shape index (κ1) is 49.3. The lowest BCUT2D eigenvalue weighted by Gasteiger charge is -2.29. The molecule has 2 aromatic rings. The fourth-order valence-corrected chi connectivity index (χ4v) is 6.26. The molecule has 0 saturated carbocycles. The number of nitrogens with two attached hydrogens (primary N) is 3. The third-order valence-electron chi connectivity index (χ3n) is 9.40. The summed E-state index contributed by atoms with van der Waals surface area (Å²) in [6.07, 6.45) is 1.20. The van der Waals surface area contributed by atoms with Crippen LogP contribution in [0.1, 0.15) is 84.3 Å². The molecule has 0 spiro atoms. The van der Waals surface area contributed by atoms with Gasteiger partial charge in [-0.1, -0.05) is 88.4 Å². The zero-order valence-corrected chi connectivity index (χ0v) is 34.8. The molecule has 17 heteroatoms. The van der Waals surface area contributed by atoms with Crippen molar-refractivity contribution in [3.05, 3.63) is 71.8 Å². The lowest BCUT2D eigenvalue weighted by atomic mass is 9.98. The van der Waals surface area contributed by atoms with Crippen molar-refractivity contribution in [3.63, 3.8) is 0 Å². The van der Waals surface area contributed by atoms with Gasteiger partial charge in [-0.05, 0) is 61.6 Å². The number of carbonyl (C=O) groups is 8. The third-order valence-corrected chi connectivity index (χ3v) is 9.40. The van der Waals surface area contributed by atoms with E-state index in [1.54, 1.807) is 62.4 Å². The van der Waals surface area contributed by atoms with Gasteiger partial charge in [-0.3, -0.25) is 38.4 Å². The molecule has 59 heavy (non-hydrogen) atoms. The van der Waals surface area contributed by atoms with Crippen LogP contribution in [0.25, 0.3) is 0 Å². The van der Waals surface area contributed by atoms with Crippen LogP contribution in [0, 0.1) is 11.8 Å². The largest absolute Gasteiger partial charge is 0.370 e. The second kappa shape index (κ2) is 25.5. The molecule has 0 aliphatic heterocycles. The molecule has 6 atom stereocenters. The van der Waals surface area contributed by atoms with Crippen molar-refractivity contribution >= 4 is 47.3 Å². The van der Waals surface area contributed by atoms with E-state index in [2.05, 4.69) is 31.9 Å². The second-order valence-corrected chi connectivity index (χ2v) is 15.4. The molecule has 0 heterocycles. The van der Waals surface area contributed by atoms with Crippen molar-refractivity contribution in [2.75, 3.05) is 6.54 Å². The highest BCUT2D eigenvalue weighted by Crippen LogP contribution is 2.12. The van der Waals surface area contributed by atoms with E-state index in [4.69, 9.17) is 17.2 Å². The summed E-state index contributed by atoms with van der Waals surface area (Å²) in [6, 6.07) is 11.1. The minimum absolute atomic E-state index is 0.0581. The number of nitrogens with one attached hydrogen (secondary N) is 6. The summed E-state index contributed by atoms with van der Waals surface area (Å²) < 4.78 is 0. The smallest absolute Gasteiger partial charge is 0.243 e. The molecule has 0 bridgehead atoms. The van der Waals surface area contributed by atoms with Crippen LogP contribution in [0.4, 0.5) is 0 Å². The predicted molar refractivity (Wildman–Crippen MR) is 222 cm³/mol. The number of hydrogen-bond acceptors (Lipinski definition) is 9. The minimum atomic E-state index is -1.17. The maximum atomic E-state index is 14.0. The summed E-state index contributed by atoms with van der Waals surface area (Å²) in [5.41, 5.74) is 18.1. The Balaban J connectivity index is 2.33. The Labute approximate surface area is 346 Å². The lowest BCUT2D eigenvalue weighted by molar-refractivity contribution is -0.136. The summed E-state index contributed by atoms with van der Waals surface area (Å²) in [6.45, 7) is 8.66. The Morgan fingerprint density at radius 1 is 0.542 bits per heavy atom. The first-order chi connectivity index (χ1) is 27.9. The molecule has 12 N–H and O–H groups in total. The van der Waals surface area contributed by atoms with Gasteiger partial charge in [0.15, 0.2) is 0 Å². The van der Waals surface area contributed by atoms with Crippen LogP contribution in [0.3, 0.4) is 0 Å². The lowest BCUT2D eigenvalue weighted by Crippen LogP contribution is -2.61. The van der Waals surface area contributed by atoms with Gasteiger partial charge in [0.2, 0.25) is 47.3 Å². The summed E-state index contributed by atoms with van der Waals surface area (Å²) in [5.74, 6) is -5.95. The molecule has 17 nitrogen and oxygen atoms in total. The van der Waals surface area contributed by atoms with Crippen LogP contribution in [-0.2, 0) is 51.2 Å². The Kier molecular flexibility index (Phi) is 21.3. The highest BCUT2D eigenvalue weighted by atomic mass is 16.2. The molecule has 0 radical (unpaired) electrons. The number of unbranched alkanes of at least 4 members (excludes halogenated alkanes) is 1. The average molecular weight is 822 g/mol. The number of amides is 8. The number of hydrogen-bond donors (Lipinski definition) is 9. The van der Waals surface area contributed by atoms with E-state index >= 15 is 0 Å². The first-order valence-electron chi connectivity index (χ1n) is 20.1. The SMILES string of the molecule is CC(=O)N[C@@H](CCC(N)=O)C(=O)N[C@@H](CCCCN)C(=O)N[C@@H](CC(C)C)C(=O)N[C@H](C(=O)N[C@@H](Cc1ccccc1)C(=O)N[C@@H](Cc1ccccc1)C(N)=O)C(C)C. The normalized spacial score (nSPS) is 14.1. The van der Waals surface area contributed by atoms with Crippen LogP contribution in [0.15, 0.2) is 60.7 Å². The number of benzene rings is 2. The van der Waals surface area contributed by atoms with E-state index in [-0.39, 0.29) is 44.4 Å². The van der Waals surface area contributed by atoms with Crippen molar-refractivity contribution in [2.24, 2.45) is 29.0 Å². The highest BCUT2D eigenvalue weighted by Gasteiger charge is 2.34. The molecule has 0 fully saturated rings. The fraction of sp³-hybridized carbons (Fsp3) is 0.524. The maximum absolute atomic E-state index is 14.0. The molecule has 0 aliphatic carbocycles. The molecule has 2 rings (SSSR count). The van der Waals surface area contributed by atoms with Crippen molar-refractivity contribution in [1.29, 1.82) is 0 Å². The van der Waals surface area contributed by atoms with Gasteiger partial charge in [0.05, 0.1) is 0 Å². The van der Waals surface area contributed by atoms with Gasteiger partial charge >= 0.3 is 0 Å². The molecule has 2 aromatic carbocycles. The van der Waals surface area contributed by atoms with Crippen LogP contribution in [0.2, 0.25) is 0 Å². The molecular weight excluding hydrogens is 759 g/mol. The Morgan fingerprint density at radius 2 is 1.00 bits per heavy atom. The predicted octanol–water partition coefficient (Wildman–Crippen LogP) is -0.0176. The fourth-order valence-electron chi connectivity index (χ4n) is 6.26. The molecule has 324 valence electrons. The first-order valence-corrected chi connectivity index (χ1v) is 20.1. The standard InChI is InChI=1S/C42H63N9O8/c1-25(2)22-33(49-38(55)30(18-12-13-21-43)47-39(56)31(46-27(5)52)19-20-35(44)53)41(58)51-36(26(3)4)42(59)50-34(24-29-16-10-7-11-17-29)40(57)48-32(37(45)54)23-28-14-8-6-9-15-28/h6-11,14-17,25-26,30-34,36H,12-13,18-24,43H2,1-5H3,(H2,44,53)(H2,45,54)(H,46,52)(H,47,56)(H,48,57)(H,49,55)(H,50,59)(H,51,58)/t30-,31-,32-,33-,34-,36-/m0/s1. The summed E-state index contributed by atoms with van der Waals surface area (Å²) >= 11 is 0. The van der Waals surface area contributed by atoms with E-state index in [1.165, 1.54) is 6.92 Å². The van der Waals surface area contributed by atoms with Gasteiger partial charge in [0.1, 0.15) is 36.3 Å². The number of rotatable bonds is 26. The van der Waals surface area contributed by atoms with Crippen LogP contribution < -0.4 is 49.1 Å². The summed E-state index contributed by atoms with van der Waals surface area (Å²) in [5, 5.41) is 16.1. The molecule has 0 saturated heterocycles. The topological polar surface area (TPSA) is 287 Å². The van der Waals surface area contributed by atoms with E-state index < -0.39 is 89.4 Å². The van der Waals surface area contributed by atoms with Crippen LogP contribution >= 0.6 is 0 Å². The van der Waals surface area contributed by atoms with Crippen LogP contribution in [-0.4, -0.2) is 90.1 Å². The summed E-state index contributed by atoms with van der Waals surface area (Å²) in [4.78, 5) is 105. The van der Waals surface area contributed by atoms with Crippen molar-refractivity contribution < 1.29 is 38.4 Å². The molecule has 0 aromatic heterocycles. The summed E-state index contributed by atoms with van der Waals surface area (Å²) in [7, 11) is 0. The zero-order valence-electron chi connectivity index (χ0n) is 34.8. The Morgan fingerprint density at radius 3 is 1.47 bits per heavy atom. The van der Waals surface area contributed by atoms with Crippen molar-refractivity contribution in [3.8, 4) is 0 Å². The van der Waals surface area contributed by atoms with Crippen LogP contribution in [0.5, 0.6) is 0 Å². The van der Waals surface area contributed by atoms with Crippen molar-refractivity contribution in [1.82, 2.24) is 31.9 Å². The number of primary amides is 2. The molecule has 0 unspecified atom stereocenters. The Hall–Kier alpha value is -5.84. The molecule has 8 amide bonds. The maximum Gasteiger partial charge on any atom is 0.243 e. The minimum Gasteiger partial charge on any atom is -0.370 e. The zero-order chi connectivity index (χ0) is 44.1. The molecule has 0 aliphatic rings. The van der Waals surface area contributed by atoms with E-state index in [1.807, 2.05) is 26.0 Å². The number of carbonyl (C=O) groups excluding carboxylic acids is 8. The van der Waals surface area contributed by atoms with E-state index in [0.29, 0.717) is 19.4 Å². The van der Waals surface area contributed by atoms with E-state index in [0.717, 1.165) is 11.1 Å². The third kappa shape index (κ3) is 18.5. The highest BCUT2D eigenvalue weighted by molar-refractivity contribution is 5.97. The average Bonchev–Trinajstić information content (AvgIpc) is 3.17. The second-order valence-electron chi connectivity index (χ2n) is 15.4. The van der Waals surface area contributed by atoms with Gasteiger partial charge in [0.25, 0.3) is 0 Å². The van der Waals surface area contributed by atoms with E-state index in [9.17, 15) is 38.4 Å². The van der Waals surface area contributed by atoms with Gasteiger partial charge in [0, 0.05) is 26.2 Å². The van der Waals surface area contributed by atoms with Gasteiger partial charge < -0.3 is 49.1 Å². The van der Waals surface area contributed by atoms with Crippen molar-refractivity contribution in [2.45, 2.75) is 122 Å². The monoisotopic (exact) mass is 821 g/mol. The Bertz CT molecular complexity index is 1710. The van der Waals surface area contributed by atoms with Gasteiger partial charge in [-0.2, -0.15) is 0 Å². The van der Waals surface area contributed by atoms with Gasteiger partial charge in [-0.15, -0.1) is 0 Å². The quantitative estimate of drug-likeness (QED) is 0.0576. The molecular formula is C42H63N9O8. The van der Waals surface area contributed by atoms with Gasteiger partial charge in [-0.25, -0.2) is 0 Å².